The SMILES string of the molecule is CCCCCCCCn1c(=N)c(C(=O)Nc2nnc(C)s2)cc2c(=O)n3ccccc3nc21. The number of amides is 1. The van der Waals surface area contributed by atoms with Crippen molar-refractivity contribution in [2.24, 2.45) is 0 Å². The molecule has 4 aromatic heterocycles. The van der Waals surface area contributed by atoms with Crippen molar-refractivity contribution in [3.8, 4) is 0 Å². The average Bonchev–Trinajstić information content (AvgIpc) is 3.21. The van der Waals surface area contributed by atoms with Gasteiger partial charge in [0, 0.05) is 12.7 Å². The molecular weight excluding hydrogens is 438 g/mol. The van der Waals surface area contributed by atoms with Crippen LogP contribution in [0.5, 0.6) is 0 Å². The van der Waals surface area contributed by atoms with Crippen LogP contribution in [0.4, 0.5) is 5.13 Å². The average molecular weight is 466 g/mol. The molecule has 0 bridgehead atoms. The van der Waals surface area contributed by atoms with Crippen LogP contribution in [0.1, 0.15) is 60.8 Å². The van der Waals surface area contributed by atoms with Crippen LogP contribution >= 0.6 is 11.3 Å². The summed E-state index contributed by atoms with van der Waals surface area (Å²) >= 11 is 1.25. The maximum atomic E-state index is 13.2. The number of nitrogens with one attached hydrogen (secondary N) is 2. The molecule has 0 unspecified atom stereocenters. The predicted octanol–water partition coefficient (Wildman–Crippen LogP) is 3.90. The van der Waals surface area contributed by atoms with Crippen molar-refractivity contribution in [2.75, 3.05) is 5.32 Å². The van der Waals surface area contributed by atoms with Crippen molar-refractivity contribution < 1.29 is 4.79 Å². The van der Waals surface area contributed by atoms with Crippen molar-refractivity contribution in [3.63, 3.8) is 0 Å². The van der Waals surface area contributed by atoms with Gasteiger partial charge in [-0.2, -0.15) is 0 Å². The highest BCUT2D eigenvalue weighted by atomic mass is 32.1. The van der Waals surface area contributed by atoms with Crippen molar-refractivity contribution in [2.45, 2.75) is 58.9 Å². The summed E-state index contributed by atoms with van der Waals surface area (Å²) in [6.45, 7) is 4.49. The molecule has 2 N–H and O–H groups in total. The summed E-state index contributed by atoms with van der Waals surface area (Å²) in [5, 5.41) is 20.7. The molecule has 0 fully saturated rings. The minimum Gasteiger partial charge on any atom is -0.310 e. The van der Waals surface area contributed by atoms with Gasteiger partial charge in [0.25, 0.3) is 11.5 Å². The number of fused-ring (bicyclic) bond motifs is 2. The second-order valence-electron chi connectivity index (χ2n) is 7.99. The maximum Gasteiger partial charge on any atom is 0.267 e. The molecular formula is C23H27N7O2S. The molecule has 0 aromatic carbocycles. The molecule has 9 nitrogen and oxygen atoms in total. The molecule has 0 saturated heterocycles. The Morgan fingerprint density at radius 2 is 1.94 bits per heavy atom. The van der Waals surface area contributed by atoms with Gasteiger partial charge in [0.2, 0.25) is 5.13 Å². The van der Waals surface area contributed by atoms with Crippen molar-refractivity contribution in [1.29, 1.82) is 5.41 Å². The van der Waals surface area contributed by atoms with Gasteiger partial charge in [0.1, 0.15) is 21.8 Å². The van der Waals surface area contributed by atoms with Gasteiger partial charge in [-0.15, -0.1) is 10.2 Å². The maximum absolute atomic E-state index is 13.2. The molecule has 4 heterocycles. The summed E-state index contributed by atoms with van der Waals surface area (Å²) in [5.41, 5.74) is 0.798. The number of anilines is 1. The number of hydrogen-bond donors (Lipinski definition) is 2. The Morgan fingerprint density at radius 1 is 1.15 bits per heavy atom. The summed E-state index contributed by atoms with van der Waals surface area (Å²) in [4.78, 5) is 30.9. The van der Waals surface area contributed by atoms with E-state index in [0.717, 1.165) is 24.3 Å². The first-order chi connectivity index (χ1) is 16.0. The molecule has 4 aromatic rings. The lowest BCUT2D eigenvalue weighted by Crippen LogP contribution is -2.32. The highest BCUT2D eigenvalue weighted by molar-refractivity contribution is 7.15. The third-order valence-electron chi connectivity index (χ3n) is 5.54. The Morgan fingerprint density at radius 3 is 2.70 bits per heavy atom. The Bertz CT molecular complexity index is 1420. The largest absolute Gasteiger partial charge is 0.310 e. The van der Waals surface area contributed by atoms with Crippen LogP contribution in [0.2, 0.25) is 0 Å². The highest BCUT2D eigenvalue weighted by Gasteiger charge is 2.18. The summed E-state index contributed by atoms with van der Waals surface area (Å²) in [6, 6.07) is 6.81. The van der Waals surface area contributed by atoms with Gasteiger partial charge >= 0.3 is 0 Å². The van der Waals surface area contributed by atoms with E-state index in [9.17, 15) is 9.59 Å². The Balaban J connectivity index is 1.77. The minimum absolute atomic E-state index is 0.0296. The first-order valence-electron chi connectivity index (χ1n) is 11.2. The monoisotopic (exact) mass is 465 g/mol. The van der Waals surface area contributed by atoms with E-state index in [1.165, 1.54) is 41.1 Å². The Kier molecular flexibility index (Phi) is 6.93. The van der Waals surface area contributed by atoms with Crippen LogP contribution in [0.3, 0.4) is 0 Å². The Labute approximate surface area is 194 Å². The normalized spacial score (nSPS) is 11.3. The predicted molar refractivity (Wildman–Crippen MR) is 129 cm³/mol. The van der Waals surface area contributed by atoms with E-state index in [2.05, 4.69) is 27.4 Å². The van der Waals surface area contributed by atoms with Crippen LogP contribution in [0, 0.1) is 12.3 Å². The summed E-state index contributed by atoms with van der Waals surface area (Å²) in [6.07, 6.45) is 8.21. The fourth-order valence-electron chi connectivity index (χ4n) is 3.84. The summed E-state index contributed by atoms with van der Waals surface area (Å²) in [7, 11) is 0. The van der Waals surface area contributed by atoms with E-state index in [0.29, 0.717) is 28.4 Å². The zero-order valence-electron chi connectivity index (χ0n) is 18.8. The van der Waals surface area contributed by atoms with Crippen molar-refractivity contribution >= 4 is 39.1 Å². The van der Waals surface area contributed by atoms with Crippen molar-refractivity contribution in [1.82, 2.24) is 24.1 Å². The molecule has 0 atom stereocenters. The minimum atomic E-state index is -0.493. The summed E-state index contributed by atoms with van der Waals surface area (Å²) < 4.78 is 3.14. The lowest BCUT2D eigenvalue weighted by molar-refractivity contribution is 0.102. The molecule has 4 rings (SSSR count). The van der Waals surface area contributed by atoms with E-state index in [-0.39, 0.29) is 16.6 Å². The molecule has 0 radical (unpaired) electrons. The molecule has 0 aliphatic rings. The number of unbranched alkanes of at least 4 members (excludes halogenated alkanes) is 5. The number of carbonyl (C=O) groups excluding carboxylic acids is 1. The van der Waals surface area contributed by atoms with Crippen LogP contribution < -0.4 is 16.4 Å². The molecule has 0 aliphatic heterocycles. The lowest BCUT2D eigenvalue weighted by Gasteiger charge is -2.14. The standard InChI is InChI=1S/C23H27N7O2S/c1-3-4-5-6-7-9-13-30-19(24)16(21(31)26-23-28-27-15(2)33-23)14-17-20(30)25-18-11-8-10-12-29(18)22(17)32/h8,10-12,14,24H,3-7,9,13H2,1-2H3,(H,26,28,31). The molecule has 1 amide bonds. The zero-order chi connectivity index (χ0) is 23.4. The van der Waals surface area contributed by atoms with Crippen LogP contribution in [0.25, 0.3) is 16.7 Å². The van der Waals surface area contributed by atoms with E-state index < -0.39 is 5.91 Å². The van der Waals surface area contributed by atoms with E-state index in [4.69, 9.17) is 5.41 Å². The lowest BCUT2D eigenvalue weighted by atomic mass is 10.1. The smallest absolute Gasteiger partial charge is 0.267 e. The van der Waals surface area contributed by atoms with Crippen molar-refractivity contribution in [3.05, 3.63) is 56.9 Å². The van der Waals surface area contributed by atoms with Gasteiger partial charge in [0.05, 0.1) is 10.9 Å². The second kappa shape index (κ2) is 10.0. The van der Waals surface area contributed by atoms with Crippen LogP contribution in [0.15, 0.2) is 35.3 Å². The topological polar surface area (TPSA) is 118 Å². The molecule has 0 aliphatic carbocycles. The van der Waals surface area contributed by atoms with E-state index in [1.54, 1.807) is 29.8 Å². The fourth-order valence-corrected chi connectivity index (χ4v) is 4.43. The van der Waals surface area contributed by atoms with Gasteiger partial charge < -0.3 is 4.57 Å². The van der Waals surface area contributed by atoms with Crippen LogP contribution in [-0.4, -0.2) is 30.1 Å². The van der Waals surface area contributed by atoms with Gasteiger partial charge in [-0.3, -0.25) is 24.7 Å². The molecule has 10 heteroatoms. The number of nitrogens with zero attached hydrogens (tertiary/aromatic N) is 5. The zero-order valence-corrected chi connectivity index (χ0v) is 19.6. The number of hydrogen-bond acceptors (Lipinski definition) is 7. The number of carbonyl (C=O) groups is 1. The molecule has 0 spiro atoms. The number of aryl methyl sites for hydroxylation is 2. The second-order valence-corrected chi connectivity index (χ2v) is 9.17. The fraction of sp³-hybridized carbons (Fsp3) is 0.391. The molecule has 0 saturated carbocycles. The molecule has 33 heavy (non-hydrogen) atoms. The van der Waals surface area contributed by atoms with Gasteiger partial charge in [-0.1, -0.05) is 56.4 Å². The third-order valence-corrected chi connectivity index (χ3v) is 6.30. The van der Waals surface area contributed by atoms with E-state index in [1.807, 2.05) is 6.07 Å². The summed E-state index contributed by atoms with van der Waals surface area (Å²) in [5.74, 6) is -0.493. The van der Waals surface area contributed by atoms with Crippen LogP contribution in [-0.2, 0) is 6.54 Å². The number of aromatic nitrogens is 5. The highest BCUT2D eigenvalue weighted by Crippen LogP contribution is 2.16. The Hall–Kier alpha value is -3.40. The number of rotatable bonds is 9. The first-order valence-corrected chi connectivity index (χ1v) is 12.0. The molecule has 172 valence electrons. The third kappa shape index (κ3) is 4.85. The van der Waals surface area contributed by atoms with Gasteiger partial charge in [-0.05, 0) is 31.5 Å². The van der Waals surface area contributed by atoms with Gasteiger partial charge in [0.15, 0.2) is 0 Å². The number of pyridine rings is 2. The van der Waals surface area contributed by atoms with E-state index >= 15 is 0 Å². The quantitative estimate of drug-likeness (QED) is 0.287. The van der Waals surface area contributed by atoms with Gasteiger partial charge in [-0.25, -0.2) is 4.98 Å². The first kappa shape index (κ1) is 22.8.